The second kappa shape index (κ2) is 6.39. The minimum absolute atomic E-state index is 0.0886. The minimum atomic E-state index is -0.493. The van der Waals surface area contributed by atoms with Gasteiger partial charge in [0, 0.05) is 22.2 Å². The van der Waals surface area contributed by atoms with Gasteiger partial charge in [-0.3, -0.25) is 14.7 Å². The molecule has 0 saturated carbocycles. The molecule has 0 fully saturated rings. The number of amides is 2. The molecule has 2 aromatic carbocycles. The van der Waals surface area contributed by atoms with Crippen LogP contribution in [0.4, 0.5) is 11.4 Å². The van der Waals surface area contributed by atoms with Gasteiger partial charge in [0.05, 0.1) is 5.52 Å². The molecule has 0 bridgehead atoms. The van der Waals surface area contributed by atoms with Gasteiger partial charge in [-0.15, -0.1) is 0 Å². The molecule has 2 amide bonds. The maximum atomic E-state index is 12.5. The van der Waals surface area contributed by atoms with Gasteiger partial charge < -0.3 is 10.6 Å². The summed E-state index contributed by atoms with van der Waals surface area (Å²) < 4.78 is 0. The normalized spacial score (nSPS) is 11.3. The average Bonchev–Trinajstić information content (AvgIpc) is 2.98. The molecule has 1 aromatic heterocycles. The predicted molar refractivity (Wildman–Crippen MR) is 98.6 cm³/mol. The Labute approximate surface area is 145 Å². The van der Waals surface area contributed by atoms with Crippen LogP contribution in [0.1, 0.15) is 31.3 Å². The van der Waals surface area contributed by atoms with Gasteiger partial charge in [0.2, 0.25) is 5.91 Å². The number of nitrogens with zero attached hydrogens (tertiary/aromatic N) is 1. The van der Waals surface area contributed by atoms with Gasteiger partial charge in [0.1, 0.15) is 0 Å². The Morgan fingerprint density at radius 2 is 1.64 bits per heavy atom. The zero-order valence-corrected chi connectivity index (χ0v) is 14.4. The van der Waals surface area contributed by atoms with Crippen molar-refractivity contribution in [3.8, 4) is 0 Å². The molecular weight excluding hydrogens is 316 g/mol. The van der Waals surface area contributed by atoms with Crippen LogP contribution in [0.5, 0.6) is 0 Å². The minimum Gasteiger partial charge on any atom is -0.326 e. The van der Waals surface area contributed by atoms with Gasteiger partial charge in [0.25, 0.3) is 5.91 Å². The summed E-state index contributed by atoms with van der Waals surface area (Å²) in [6.07, 6.45) is 0. The van der Waals surface area contributed by atoms with E-state index in [4.69, 9.17) is 0 Å². The molecular formula is C19H20N4O2. The lowest BCUT2D eigenvalue weighted by molar-refractivity contribution is -0.123. The van der Waals surface area contributed by atoms with E-state index in [2.05, 4.69) is 20.8 Å². The largest absolute Gasteiger partial charge is 0.326 e. The molecule has 128 valence electrons. The molecule has 3 aromatic rings. The molecule has 6 nitrogen and oxygen atoms in total. The second-order valence-electron chi connectivity index (χ2n) is 6.86. The van der Waals surface area contributed by atoms with E-state index in [1.807, 2.05) is 45.0 Å². The highest BCUT2D eigenvalue weighted by atomic mass is 16.2. The monoisotopic (exact) mass is 336 g/mol. The number of hydrogen-bond acceptors (Lipinski definition) is 3. The summed E-state index contributed by atoms with van der Waals surface area (Å²) in [7, 11) is 0. The van der Waals surface area contributed by atoms with Crippen LogP contribution >= 0.6 is 0 Å². The number of para-hydroxylation sites is 1. The topological polar surface area (TPSA) is 86.9 Å². The molecule has 0 aliphatic rings. The van der Waals surface area contributed by atoms with Gasteiger partial charge in [-0.1, -0.05) is 45.0 Å². The van der Waals surface area contributed by atoms with Crippen LogP contribution in [-0.2, 0) is 4.79 Å². The van der Waals surface area contributed by atoms with E-state index < -0.39 is 5.41 Å². The van der Waals surface area contributed by atoms with Crippen LogP contribution in [-0.4, -0.2) is 22.0 Å². The molecule has 6 heteroatoms. The lowest BCUT2D eigenvalue weighted by Gasteiger charge is -2.18. The first-order valence-corrected chi connectivity index (χ1v) is 8.00. The van der Waals surface area contributed by atoms with Gasteiger partial charge in [-0.2, -0.15) is 5.10 Å². The SMILES string of the molecule is CC(C)(C)C(=O)Nc1cccc(NC(=O)c2n[nH]c3ccccc23)c1. The van der Waals surface area contributed by atoms with Gasteiger partial charge >= 0.3 is 0 Å². The van der Waals surface area contributed by atoms with E-state index in [-0.39, 0.29) is 11.8 Å². The van der Waals surface area contributed by atoms with Crippen molar-refractivity contribution in [3.05, 3.63) is 54.2 Å². The number of nitrogens with one attached hydrogen (secondary N) is 3. The summed E-state index contributed by atoms with van der Waals surface area (Å²) in [5.41, 5.74) is 1.86. The smallest absolute Gasteiger partial charge is 0.276 e. The van der Waals surface area contributed by atoms with E-state index >= 15 is 0 Å². The van der Waals surface area contributed by atoms with Crippen LogP contribution in [0.25, 0.3) is 10.9 Å². The van der Waals surface area contributed by atoms with Gasteiger partial charge in [-0.25, -0.2) is 0 Å². The van der Waals surface area contributed by atoms with Crippen LogP contribution in [0.3, 0.4) is 0 Å². The lowest BCUT2D eigenvalue weighted by atomic mass is 9.95. The number of carbonyl (C=O) groups is 2. The van der Waals surface area contributed by atoms with Crippen LogP contribution in [0, 0.1) is 5.41 Å². The third kappa shape index (κ3) is 3.68. The molecule has 0 atom stereocenters. The number of rotatable bonds is 3. The summed E-state index contributed by atoms with van der Waals surface area (Å²) in [6.45, 7) is 5.53. The van der Waals surface area contributed by atoms with Crippen molar-refractivity contribution in [2.24, 2.45) is 5.41 Å². The Balaban J connectivity index is 1.78. The first-order valence-electron chi connectivity index (χ1n) is 8.00. The first kappa shape index (κ1) is 16.7. The van der Waals surface area contributed by atoms with Crippen molar-refractivity contribution >= 4 is 34.1 Å². The summed E-state index contributed by atoms with van der Waals surface area (Å²) in [6, 6.07) is 14.5. The molecule has 0 saturated heterocycles. The van der Waals surface area contributed by atoms with E-state index in [0.29, 0.717) is 17.1 Å². The molecule has 0 aliphatic heterocycles. The Bertz CT molecular complexity index is 938. The third-order valence-corrected chi connectivity index (χ3v) is 3.74. The highest BCUT2D eigenvalue weighted by Crippen LogP contribution is 2.21. The zero-order valence-electron chi connectivity index (χ0n) is 14.4. The van der Waals surface area contributed by atoms with Gasteiger partial charge in [-0.05, 0) is 24.3 Å². The van der Waals surface area contributed by atoms with Crippen LogP contribution < -0.4 is 10.6 Å². The number of benzene rings is 2. The van der Waals surface area contributed by atoms with E-state index in [9.17, 15) is 9.59 Å². The van der Waals surface area contributed by atoms with E-state index in [0.717, 1.165) is 10.9 Å². The maximum absolute atomic E-state index is 12.5. The maximum Gasteiger partial charge on any atom is 0.276 e. The molecule has 0 aliphatic carbocycles. The van der Waals surface area contributed by atoms with Crippen molar-refractivity contribution in [1.29, 1.82) is 0 Å². The second-order valence-corrected chi connectivity index (χ2v) is 6.86. The number of H-pyrrole nitrogens is 1. The summed E-state index contributed by atoms with van der Waals surface area (Å²) in [5.74, 6) is -0.397. The molecule has 3 N–H and O–H groups in total. The lowest BCUT2D eigenvalue weighted by Crippen LogP contribution is -2.27. The van der Waals surface area contributed by atoms with Crippen molar-refractivity contribution in [3.63, 3.8) is 0 Å². The zero-order chi connectivity index (χ0) is 18.0. The van der Waals surface area contributed by atoms with E-state index in [1.54, 1.807) is 24.3 Å². The fraction of sp³-hybridized carbons (Fsp3) is 0.211. The van der Waals surface area contributed by atoms with Crippen LogP contribution in [0.15, 0.2) is 48.5 Å². The average molecular weight is 336 g/mol. The fourth-order valence-electron chi connectivity index (χ4n) is 2.32. The molecule has 3 rings (SSSR count). The highest BCUT2D eigenvalue weighted by molar-refractivity contribution is 6.11. The van der Waals surface area contributed by atoms with Crippen LogP contribution in [0.2, 0.25) is 0 Å². The Morgan fingerprint density at radius 3 is 2.36 bits per heavy atom. The number of fused-ring (bicyclic) bond motifs is 1. The summed E-state index contributed by atoms with van der Waals surface area (Å²) >= 11 is 0. The van der Waals surface area contributed by atoms with E-state index in [1.165, 1.54) is 0 Å². The Morgan fingerprint density at radius 1 is 0.960 bits per heavy atom. The predicted octanol–water partition coefficient (Wildman–Crippen LogP) is 3.80. The molecule has 0 unspecified atom stereocenters. The molecule has 0 radical (unpaired) electrons. The Kier molecular flexibility index (Phi) is 4.27. The summed E-state index contributed by atoms with van der Waals surface area (Å²) in [4.78, 5) is 24.6. The van der Waals surface area contributed by atoms with Crippen molar-refractivity contribution in [1.82, 2.24) is 10.2 Å². The fourth-order valence-corrected chi connectivity index (χ4v) is 2.32. The molecule has 25 heavy (non-hydrogen) atoms. The standard InChI is InChI=1S/C19H20N4O2/c1-19(2,3)18(25)21-13-8-6-7-12(11-13)20-17(24)16-14-9-4-5-10-15(14)22-23-16/h4-11H,1-3H3,(H,20,24)(H,21,25)(H,22,23). The number of aromatic nitrogens is 2. The Hall–Kier alpha value is -3.15. The number of anilines is 2. The highest BCUT2D eigenvalue weighted by Gasteiger charge is 2.21. The van der Waals surface area contributed by atoms with Crippen molar-refractivity contribution in [2.75, 3.05) is 10.6 Å². The first-order chi connectivity index (χ1) is 11.8. The van der Waals surface area contributed by atoms with Crippen molar-refractivity contribution < 1.29 is 9.59 Å². The quantitative estimate of drug-likeness (QED) is 0.680. The van der Waals surface area contributed by atoms with Gasteiger partial charge in [0.15, 0.2) is 5.69 Å². The number of hydrogen-bond donors (Lipinski definition) is 3. The molecule has 0 spiro atoms. The molecule has 1 heterocycles. The third-order valence-electron chi connectivity index (χ3n) is 3.74. The number of carbonyl (C=O) groups excluding carboxylic acids is 2. The summed E-state index contributed by atoms with van der Waals surface area (Å²) in [5, 5.41) is 13.4. The van der Waals surface area contributed by atoms with Crippen molar-refractivity contribution in [2.45, 2.75) is 20.8 Å². The number of aromatic amines is 1.